The van der Waals surface area contributed by atoms with Gasteiger partial charge in [-0.1, -0.05) is 0 Å². The molecule has 18 heavy (non-hydrogen) atoms. The fourth-order valence-electron chi connectivity index (χ4n) is 1.30. The highest BCUT2D eigenvalue weighted by Crippen LogP contribution is 2.28. The number of hydrogen-bond acceptors (Lipinski definition) is 1. The van der Waals surface area contributed by atoms with Crippen molar-refractivity contribution in [2.75, 3.05) is 0 Å². The van der Waals surface area contributed by atoms with Crippen molar-refractivity contribution in [2.24, 2.45) is 0 Å². The standard InChI is InChI=1S/C10H4F6N2/c11-5-3-7(13)8(4-6(5)12)18-2-1-9(17-18)10(14,15)16/h1-4H. The summed E-state index contributed by atoms with van der Waals surface area (Å²) < 4.78 is 76.1. The van der Waals surface area contributed by atoms with Crippen LogP contribution in [0.3, 0.4) is 0 Å². The quantitative estimate of drug-likeness (QED) is 0.572. The average molecular weight is 266 g/mol. The van der Waals surface area contributed by atoms with E-state index in [4.69, 9.17) is 0 Å². The van der Waals surface area contributed by atoms with E-state index in [9.17, 15) is 26.3 Å². The van der Waals surface area contributed by atoms with Gasteiger partial charge in [-0.25, -0.2) is 17.9 Å². The summed E-state index contributed by atoms with van der Waals surface area (Å²) in [6.07, 6.45) is -3.89. The van der Waals surface area contributed by atoms with Gasteiger partial charge in [-0.2, -0.15) is 18.3 Å². The summed E-state index contributed by atoms with van der Waals surface area (Å²) in [5, 5.41) is 3.05. The van der Waals surface area contributed by atoms with Gasteiger partial charge in [0.05, 0.1) is 0 Å². The second-order valence-corrected chi connectivity index (χ2v) is 3.36. The molecule has 0 saturated heterocycles. The lowest BCUT2D eigenvalue weighted by atomic mass is 10.3. The molecule has 0 bridgehead atoms. The van der Waals surface area contributed by atoms with Crippen LogP contribution in [0.2, 0.25) is 0 Å². The summed E-state index contributed by atoms with van der Waals surface area (Å²) >= 11 is 0. The van der Waals surface area contributed by atoms with Crippen LogP contribution in [0.5, 0.6) is 0 Å². The molecule has 8 heteroatoms. The van der Waals surface area contributed by atoms with Gasteiger partial charge in [0, 0.05) is 18.3 Å². The predicted octanol–water partition coefficient (Wildman–Crippen LogP) is 3.31. The summed E-state index contributed by atoms with van der Waals surface area (Å²) in [6, 6.07) is 1.26. The van der Waals surface area contributed by atoms with E-state index in [0.29, 0.717) is 16.8 Å². The minimum Gasteiger partial charge on any atom is -0.237 e. The first-order valence-electron chi connectivity index (χ1n) is 4.57. The molecular weight excluding hydrogens is 262 g/mol. The van der Waals surface area contributed by atoms with E-state index in [2.05, 4.69) is 5.10 Å². The van der Waals surface area contributed by atoms with Crippen LogP contribution in [0, 0.1) is 17.5 Å². The smallest absolute Gasteiger partial charge is 0.237 e. The van der Waals surface area contributed by atoms with Crippen molar-refractivity contribution in [1.29, 1.82) is 0 Å². The van der Waals surface area contributed by atoms with Crippen LogP contribution < -0.4 is 0 Å². The van der Waals surface area contributed by atoms with Crippen LogP contribution in [0.1, 0.15) is 5.69 Å². The zero-order valence-electron chi connectivity index (χ0n) is 8.47. The summed E-state index contributed by atoms with van der Waals surface area (Å²) in [5.74, 6) is -4.03. The van der Waals surface area contributed by atoms with Crippen LogP contribution in [0.4, 0.5) is 26.3 Å². The molecule has 1 heterocycles. The van der Waals surface area contributed by atoms with Gasteiger partial charge in [-0.15, -0.1) is 0 Å². The van der Waals surface area contributed by atoms with Crippen LogP contribution in [-0.4, -0.2) is 9.78 Å². The minimum absolute atomic E-state index is 0.236. The third-order valence-corrected chi connectivity index (χ3v) is 2.12. The predicted molar refractivity (Wildman–Crippen MR) is 48.4 cm³/mol. The monoisotopic (exact) mass is 266 g/mol. The Morgan fingerprint density at radius 2 is 1.56 bits per heavy atom. The van der Waals surface area contributed by atoms with Crippen LogP contribution in [0.25, 0.3) is 5.69 Å². The maximum Gasteiger partial charge on any atom is 0.435 e. The van der Waals surface area contributed by atoms with Crippen LogP contribution in [0.15, 0.2) is 24.4 Å². The maximum atomic E-state index is 13.3. The zero-order valence-corrected chi connectivity index (χ0v) is 8.47. The number of aromatic nitrogens is 2. The van der Waals surface area contributed by atoms with Crippen molar-refractivity contribution < 1.29 is 26.3 Å². The Balaban J connectivity index is 2.50. The molecule has 0 aliphatic carbocycles. The van der Waals surface area contributed by atoms with Gasteiger partial charge in [0.15, 0.2) is 23.1 Å². The molecule has 0 amide bonds. The second kappa shape index (κ2) is 4.04. The molecule has 2 rings (SSSR count). The first kappa shape index (κ1) is 12.5. The molecule has 0 fully saturated rings. The maximum absolute atomic E-state index is 13.3. The highest BCUT2D eigenvalue weighted by atomic mass is 19.4. The summed E-state index contributed by atoms with van der Waals surface area (Å²) in [6.45, 7) is 0. The van der Waals surface area contributed by atoms with E-state index in [1.807, 2.05) is 0 Å². The highest BCUT2D eigenvalue weighted by molar-refractivity contribution is 5.34. The fourth-order valence-corrected chi connectivity index (χ4v) is 1.30. The Bertz CT molecular complexity index is 587. The Labute approximate surface area is 96.5 Å². The molecule has 0 N–H and O–H groups in total. The van der Waals surface area contributed by atoms with Crippen molar-refractivity contribution in [3.8, 4) is 5.69 Å². The molecule has 2 nitrogen and oxygen atoms in total. The lowest BCUT2D eigenvalue weighted by molar-refractivity contribution is -0.141. The topological polar surface area (TPSA) is 17.8 Å². The number of alkyl halides is 3. The molecule has 0 spiro atoms. The first-order chi connectivity index (χ1) is 8.29. The van der Waals surface area contributed by atoms with Crippen molar-refractivity contribution in [1.82, 2.24) is 9.78 Å². The molecule has 1 aromatic carbocycles. The van der Waals surface area contributed by atoms with Crippen LogP contribution in [-0.2, 0) is 6.18 Å². The first-order valence-corrected chi connectivity index (χ1v) is 4.57. The molecule has 2 aromatic rings. The largest absolute Gasteiger partial charge is 0.435 e. The van der Waals surface area contributed by atoms with E-state index in [1.165, 1.54) is 0 Å². The number of nitrogens with zero attached hydrogens (tertiary/aromatic N) is 2. The number of halogens is 6. The third-order valence-electron chi connectivity index (χ3n) is 2.12. The highest BCUT2D eigenvalue weighted by Gasteiger charge is 2.33. The lowest BCUT2D eigenvalue weighted by Gasteiger charge is -2.05. The zero-order chi connectivity index (χ0) is 13.5. The summed E-state index contributed by atoms with van der Waals surface area (Å²) in [4.78, 5) is 0. The molecule has 0 aliphatic heterocycles. The van der Waals surface area contributed by atoms with E-state index < -0.39 is 35.0 Å². The van der Waals surface area contributed by atoms with Gasteiger partial charge >= 0.3 is 6.18 Å². The third kappa shape index (κ3) is 2.18. The van der Waals surface area contributed by atoms with Crippen LogP contribution >= 0.6 is 0 Å². The molecular formula is C10H4F6N2. The molecule has 0 saturated carbocycles. The van der Waals surface area contributed by atoms with E-state index in [0.717, 1.165) is 6.20 Å². The summed E-state index contributed by atoms with van der Waals surface area (Å²) in [5.41, 5.74) is -1.86. The molecule has 96 valence electrons. The van der Waals surface area contributed by atoms with E-state index in [1.54, 1.807) is 0 Å². The Morgan fingerprint density at radius 3 is 2.11 bits per heavy atom. The number of benzene rings is 1. The van der Waals surface area contributed by atoms with E-state index >= 15 is 0 Å². The van der Waals surface area contributed by atoms with Gasteiger partial charge in [0.2, 0.25) is 0 Å². The second-order valence-electron chi connectivity index (χ2n) is 3.36. The SMILES string of the molecule is Fc1cc(F)c(-n2ccc(C(F)(F)F)n2)cc1F. The van der Waals surface area contributed by atoms with Crippen molar-refractivity contribution in [2.45, 2.75) is 6.18 Å². The molecule has 0 radical (unpaired) electrons. The van der Waals surface area contributed by atoms with Gasteiger partial charge in [0.1, 0.15) is 5.69 Å². The Morgan fingerprint density at radius 1 is 0.944 bits per heavy atom. The van der Waals surface area contributed by atoms with Gasteiger partial charge in [0.25, 0.3) is 0 Å². The number of hydrogen-bond donors (Lipinski definition) is 0. The molecule has 0 unspecified atom stereocenters. The Kier molecular flexibility index (Phi) is 2.80. The average Bonchev–Trinajstić information content (AvgIpc) is 2.72. The van der Waals surface area contributed by atoms with Gasteiger partial charge < -0.3 is 0 Å². The van der Waals surface area contributed by atoms with E-state index in [-0.39, 0.29) is 6.07 Å². The molecule has 1 aromatic heterocycles. The van der Waals surface area contributed by atoms with Crippen molar-refractivity contribution in [3.05, 3.63) is 47.5 Å². The Hall–Kier alpha value is -1.99. The van der Waals surface area contributed by atoms with Gasteiger partial charge in [-0.05, 0) is 6.07 Å². The van der Waals surface area contributed by atoms with Crippen molar-refractivity contribution >= 4 is 0 Å². The molecule has 0 atom stereocenters. The fraction of sp³-hybridized carbons (Fsp3) is 0.100. The molecule has 0 aliphatic rings. The van der Waals surface area contributed by atoms with Crippen molar-refractivity contribution in [3.63, 3.8) is 0 Å². The van der Waals surface area contributed by atoms with Gasteiger partial charge in [-0.3, -0.25) is 0 Å². The number of rotatable bonds is 1. The normalized spacial score (nSPS) is 11.9. The lowest BCUT2D eigenvalue weighted by Crippen LogP contribution is -2.08. The minimum atomic E-state index is -4.69. The summed E-state index contributed by atoms with van der Waals surface area (Å²) in [7, 11) is 0.